The Labute approximate surface area is 121 Å². The third-order valence-electron chi connectivity index (χ3n) is 3.56. The number of halogens is 2. The number of benzene rings is 1. The van der Waals surface area contributed by atoms with E-state index in [0.29, 0.717) is 11.4 Å². The Morgan fingerprint density at radius 3 is 2.67 bits per heavy atom. The van der Waals surface area contributed by atoms with Crippen molar-refractivity contribution in [2.45, 2.75) is 19.4 Å². The highest BCUT2D eigenvalue weighted by Crippen LogP contribution is 2.20. The highest BCUT2D eigenvalue weighted by atomic mass is 19.1. The van der Waals surface area contributed by atoms with Crippen LogP contribution in [0.15, 0.2) is 30.6 Å². The Balaban J connectivity index is 1.68. The van der Waals surface area contributed by atoms with E-state index in [9.17, 15) is 8.78 Å². The van der Waals surface area contributed by atoms with Crippen LogP contribution in [0.2, 0.25) is 0 Å². The second kappa shape index (κ2) is 6.03. The van der Waals surface area contributed by atoms with Crippen LogP contribution >= 0.6 is 0 Å². The lowest BCUT2D eigenvalue weighted by Gasteiger charge is -2.16. The van der Waals surface area contributed by atoms with Crippen molar-refractivity contribution >= 4 is 11.6 Å². The fraction of sp³-hybridized carbons (Fsp3) is 0.333. The van der Waals surface area contributed by atoms with Gasteiger partial charge in [-0.25, -0.2) is 18.7 Å². The second-order valence-corrected chi connectivity index (χ2v) is 5.04. The smallest absolute Gasteiger partial charge is 0.134 e. The largest absolute Gasteiger partial charge is 0.366 e. The molecule has 110 valence electrons. The molecule has 1 aliphatic rings. The molecule has 21 heavy (non-hydrogen) atoms. The van der Waals surface area contributed by atoms with E-state index in [1.165, 1.54) is 31.3 Å². The molecular weight excluding hydrogens is 274 g/mol. The van der Waals surface area contributed by atoms with Crippen molar-refractivity contribution in [1.82, 2.24) is 9.97 Å². The van der Waals surface area contributed by atoms with Crippen molar-refractivity contribution in [3.8, 4) is 0 Å². The number of nitrogens with one attached hydrogen (secondary N) is 1. The molecule has 0 spiro atoms. The third-order valence-corrected chi connectivity index (χ3v) is 3.56. The second-order valence-electron chi connectivity index (χ2n) is 5.04. The zero-order chi connectivity index (χ0) is 14.7. The Morgan fingerprint density at radius 1 is 1.10 bits per heavy atom. The molecule has 0 bridgehead atoms. The van der Waals surface area contributed by atoms with Gasteiger partial charge in [0.05, 0.1) is 0 Å². The highest BCUT2D eigenvalue weighted by Gasteiger charge is 2.14. The van der Waals surface area contributed by atoms with Gasteiger partial charge in [0.25, 0.3) is 0 Å². The summed E-state index contributed by atoms with van der Waals surface area (Å²) in [5, 5.41) is 3.04. The summed E-state index contributed by atoms with van der Waals surface area (Å²) in [4.78, 5) is 10.6. The summed E-state index contributed by atoms with van der Waals surface area (Å²) in [7, 11) is 0. The van der Waals surface area contributed by atoms with E-state index in [1.807, 2.05) is 6.07 Å². The topological polar surface area (TPSA) is 41.0 Å². The van der Waals surface area contributed by atoms with E-state index in [4.69, 9.17) is 0 Å². The van der Waals surface area contributed by atoms with Crippen LogP contribution in [0.4, 0.5) is 20.4 Å². The molecule has 0 amide bonds. The van der Waals surface area contributed by atoms with Gasteiger partial charge in [0.15, 0.2) is 0 Å². The summed E-state index contributed by atoms with van der Waals surface area (Å²) in [6.45, 7) is 2.26. The number of hydrogen-bond acceptors (Lipinski definition) is 4. The molecule has 1 saturated heterocycles. The first-order chi connectivity index (χ1) is 10.2. The maximum absolute atomic E-state index is 13.6. The fourth-order valence-electron chi connectivity index (χ4n) is 2.41. The van der Waals surface area contributed by atoms with E-state index in [2.05, 4.69) is 20.2 Å². The van der Waals surface area contributed by atoms with E-state index < -0.39 is 11.6 Å². The van der Waals surface area contributed by atoms with Crippen molar-refractivity contribution in [1.29, 1.82) is 0 Å². The minimum absolute atomic E-state index is 0.253. The van der Waals surface area contributed by atoms with Gasteiger partial charge in [0.2, 0.25) is 0 Å². The van der Waals surface area contributed by atoms with Crippen LogP contribution in [0.1, 0.15) is 18.4 Å². The maximum Gasteiger partial charge on any atom is 0.134 e. The van der Waals surface area contributed by atoms with Crippen LogP contribution in [0, 0.1) is 11.6 Å². The number of rotatable bonds is 4. The standard InChI is InChI=1S/C15H16F2N4/c16-12-4-3-11(13(17)7-12)9-18-14-8-15(20-10-19-14)21-5-1-2-6-21/h3-4,7-8,10H,1-2,5-6,9H2,(H,18,19,20). The van der Waals surface area contributed by atoms with Gasteiger partial charge in [-0.2, -0.15) is 0 Å². The third kappa shape index (κ3) is 3.26. The predicted molar refractivity (Wildman–Crippen MR) is 77.2 cm³/mol. The van der Waals surface area contributed by atoms with Crippen LogP contribution in [0.3, 0.4) is 0 Å². The first-order valence-electron chi connectivity index (χ1n) is 6.97. The van der Waals surface area contributed by atoms with Crippen molar-refractivity contribution in [2.24, 2.45) is 0 Å². The molecule has 1 fully saturated rings. The molecule has 4 nitrogen and oxygen atoms in total. The fourth-order valence-corrected chi connectivity index (χ4v) is 2.41. The molecule has 0 saturated carbocycles. The van der Waals surface area contributed by atoms with E-state index >= 15 is 0 Å². The molecule has 0 radical (unpaired) electrons. The SMILES string of the molecule is Fc1ccc(CNc2cc(N3CCCC3)ncn2)c(F)c1. The molecule has 0 unspecified atom stereocenters. The summed E-state index contributed by atoms with van der Waals surface area (Å²) in [5.74, 6) is 0.381. The number of aromatic nitrogens is 2. The van der Waals surface area contributed by atoms with Gasteiger partial charge in [0, 0.05) is 37.3 Å². The number of anilines is 2. The Kier molecular flexibility index (Phi) is 3.94. The average Bonchev–Trinajstić information content (AvgIpc) is 3.01. The molecule has 2 heterocycles. The molecule has 2 aromatic rings. The minimum atomic E-state index is -0.574. The Morgan fingerprint density at radius 2 is 1.90 bits per heavy atom. The molecule has 3 rings (SSSR count). The summed E-state index contributed by atoms with van der Waals surface area (Å²) in [5.41, 5.74) is 0.401. The van der Waals surface area contributed by atoms with Crippen LogP contribution in [-0.4, -0.2) is 23.1 Å². The van der Waals surface area contributed by atoms with Gasteiger partial charge in [-0.1, -0.05) is 6.07 Å². The number of nitrogens with zero attached hydrogens (tertiary/aromatic N) is 3. The van der Waals surface area contributed by atoms with Gasteiger partial charge in [-0.15, -0.1) is 0 Å². The Hall–Kier alpha value is -2.24. The molecule has 1 aromatic carbocycles. The summed E-state index contributed by atoms with van der Waals surface area (Å²) < 4.78 is 26.4. The van der Waals surface area contributed by atoms with Gasteiger partial charge < -0.3 is 10.2 Å². The average molecular weight is 290 g/mol. The molecule has 0 atom stereocenters. The van der Waals surface area contributed by atoms with Crippen LogP contribution in [-0.2, 0) is 6.54 Å². The quantitative estimate of drug-likeness (QED) is 0.940. The summed E-state index contributed by atoms with van der Waals surface area (Å²) in [6, 6.07) is 5.41. The molecular formula is C15H16F2N4. The van der Waals surface area contributed by atoms with Crippen molar-refractivity contribution in [2.75, 3.05) is 23.3 Å². The van der Waals surface area contributed by atoms with E-state index in [1.54, 1.807) is 0 Å². The summed E-state index contributed by atoms with van der Waals surface area (Å²) >= 11 is 0. The predicted octanol–water partition coefficient (Wildman–Crippen LogP) is 2.97. The highest BCUT2D eigenvalue weighted by molar-refractivity contribution is 5.49. The lowest BCUT2D eigenvalue weighted by atomic mass is 10.2. The van der Waals surface area contributed by atoms with Gasteiger partial charge in [0.1, 0.15) is 29.6 Å². The first-order valence-corrected chi connectivity index (χ1v) is 6.97. The van der Waals surface area contributed by atoms with E-state index in [0.717, 1.165) is 25.0 Å². The maximum atomic E-state index is 13.6. The van der Waals surface area contributed by atoms with Gasteiger partial charge >= 0.3 is 0 Å². The van der Waals surface area contributed by atoms with Crippen LogP contribution in [0.25, 0.3) is 0 Å². The zero-order valence-corrected chi connectivity index (χ0v) is 11.5. The molecule has 6 heteroatoms. The molecule has 1 aliphatic heterocycles. The molecule has 1 aromatic heterocycles. The van der Waals surface area contributed by atoms with Crippen LogP contribution in [0.5, 0.6) is 0 Å². The molecule has 0 aliphatic carbocycles. The van der Waals surface area contributed by atoms with Crippen molar-refractivity contribution in [3.05, 3.63) is 47.8 Å². The summed E-state index contributed by atoms with van der Waals surface area (Å²) in [6.07, 6.45) is 3.85. The lowest BCUT2D eigenvalue weighted by molar-refractivity contribution is 0.574. The zero-order valence-electron chi connectivity index (χ0n) is 11.5. The monoisotopic (exact) mass is 290 g/mol. The number of hydrogen-bond donors (Lipinski definition) is 1. The minimum Gasteiger partial charge on any atom is -0.366 e. The Bertz CT molecular complexity index is 627. The van der Waals surface area contributed by atoms with Crippen LogP contribution < -0.4 is 10.2 Å². The van der Waals surface area contributed by atoms with E-state index in [-0.39, 0.29) is 6.54 Å². The van der Waals surface area contributed by atoms with Crippen molar-refractivity contribution < 1.29 is 8.78 Å². The van der Waals surface area contributed by atoms with Gasteiger partial charge in [-0.3, -0.25) is 0 Å². The lowest BCUT2D eigenvalue weighted by Crippen LogP contribution is -2.19. The van der Waals surface area contributed by atoms with Gasteiger partial charge in [-0.05, 0) is 18.9 Å². The normalized spacial score (nSPS) is 14.5. The first kappa shape index (κ1) is 13.7. The molecule has 1 N–H and O–H groups in total. The van der Waals surface area contributed by atoms with Crippen molar-refractivity contribution in [3.63, 3.8) is 0 Å².